The topological polar surface area (TPSA) is 95.9 Å². The number of aliphatic carboxylic acids is 1. The molecule has 1 unspecified atom stereocenters. The fourth-order valence-electron chi connectivity index (χ4n) is 5.79. The van der Waals surface area contributed by atoms with E-state index in [1.807, 2.05) is 48.5 Å². The van der Waals surface area contributed by atoms with Crippen LogP contribution in [0.2, 0.25) is 0 Å². The SMILES string of the molecule is O=C(NC(C(=O)N1[C@@H]2CC[C@H]1[C@@H](C(=O)O)C2)C(F)(F)F)OCC1c2ccccc2-c2ccccc21. The van der Waals surface area contributed by atoms with Crippen molar-refractivity contribution in [3.8, 4) is 11.1 Å². The monoisotopic (exact) mass is 488 g/mol. The van der Waals surface area contributed by atoms with E-state index >= 15 is 0 Å². The highest BCUT2D eigenvalue weighted by Gasteiger charge is 2.57. The number of hydrogen-bond donors (Lipinski definition) is 2. The Labute approximate surface area is 198 Å². The highest BCUT2D eigenvalue weighted by molar-refractivity contribution is 5.88. The summed E-state index contributed by atoms with van der Waals surface area (Å²) in [6.07, 6.45) is -5.55. The fraction of sp³-hybridized carbons (Fsp3) is 0.400. The Morgan fingerprint density at radius 3 is 2.17 bits per heavy atom. The van der Waals surface area contributed by atoms with Crippen LogP contribution in [0.25, 0.3) is 11.1 Å². The van der Waals surface area contributed by atoms with Gasteiger partial charge in [0.2, 0.25) is 6.04 Å². The molecule has 2 aromatic rings. The van der Waals surface area contributed by atoms with Crippen molar-refractivity contribution >= 4 is 18.0 Å². The zero-order chi connectivity index (χ0) is 24.9. The smallest absolute Gasteiger partial charge is 0.417 e. The zero-order valence-electron chi connectivity index (χ0n) is 18.5. The number of halogens is 3. The number of benzene rings is 2. The average molecular weight is 488 g/mol. The van der Waals surface area contributed by atoms with Gasteiger partial charge in [-0.25, -0.2) is 4.79 Å². The number of carbonyl (C=O) groups excluding carboxylic acids is 2. The molecule has 35 heavy (non-hydrogen) atoms. The number of carboxylic acid groups (broad SMARTS) is 1. The molecule has 4 atom stereocenters. The summed E-state index contributed by atoms with van der Waals surface area (Å²) in [6.45, 7) is -0.200. The maximum Gasteiger partial charge on any atom is 0.417 e. The number of ether oxygens (including phenoxy) is 1. The minimum Gasteiger partial charge on any atom is -0.481 e. The molecule has 2 amide bonds. The maximum absolute atomic E-state index is 13.8. The summed E-state index contributed by atoms with van der Waals surface area (Å²) in [6, 6.07) is 10.9. The summed E-state index contributed by atoms with van der Waals surface area (Å²) in [5.74, 6) is -3.73. The van der Waals surface area contributed by atoms with Gasteiger partial charge in [0.05, 0.1) is 5.92 Å². The van der Waals surface area contributed by atoms with E-state index in [-0.39, 0.29) is 18.9 Å². The molecule has 10 heteroatoms. The molecule has 0 aromatic heterocycles. The summed E-state index contributed by atoms with van der Waals surface area (Å²) >= 11 is 0. The Kier molecular flexibility index (Phi) is 5.69. The van der Waals surface area contributed by atoms with Crippen molar-refractivity contribution in [2.45, 2.75) is 49.5 Å². The van der Waals surface area contributed by atoms with Gasteiger partial charge >= 0.3 is 18.2 Å². The van der Waals surface area contributed by atoms with Crippen molar-refractivity contribution in [1.29, 1.82) is 0 Å². The molecule has 1 aliphatic carbocycles. The molecule has 2 fully saturated rings. The van der Waals surface area contributed by atoms with Gasteiger partial charge in [-0.15, -0.1) is 0 Å². The highest BCUT2D eigenvalue weighted by Crippen LogP contribution is 2.45. The van der Waals surface area contributed by atoms with Gasteiger partial charge in [-0.3, -0.25) is 9.59 Å². The summed E-state index contributed by atoms with van der Waals surface area (Å²) in [7, 11) is 0. The van der Waals surface area contributed by atoms with E-state index in [2.05, 4.69) is 0 Å². The minimum atomic E-state index is -5.07. The van der Waals surface area contributed by atoms with Crippen molar-refractivity contribution < 1.29 is 37.4 Å². The number of carbonyl (C=O) groups is 3. The molecular weight excluding hydrogens is 465 g/mol. The van der Waals surface area contributed by atoms with E-state index in [0.29, 0.717) is 12.8 Å². The predicted octanol–water partition coefficient (Wildman–Crippen LogP) is 3.92. The van der Waals surface area contributed by atoms with Gasteiger partial charge in [0.1, 0.15) is 6.61 Å². The molecule has 3 aliphatic rings. The van der Waals surface area contributed by atoms with E-state index in [4.69, 9.17) is 4.74 Å². The first-order chi connectivity index (χ1) is 16.7. The van der Waals surface area contributed by atoms with Crippen LogP contribution in [-0.2, 0) is 14.3 Å². The normalized spacial score (nSPS) is 23.5. The first-order valence-electron chi connectivity index (χ1n) is 11.4. The number of nitrogens with one attached hydrogen (secondary N) is 1. The largest absolute Gasteiger partial charge is 0.481 e. The minimum absolute atomic E-state index is 0.112. The maximum atomic E-state index is 13.8. The van der Waals surface area contributed by atoms with Gasteiger partial charge in [-0.2, -0.15) is 13.2 Å². The molecule has 0 saturated carbocycles. The number of hydrogen-bond acceptors (Lipinski definition) is 4. The van der Waals surface area contributed by atoms with Crippen LogP contribution in [-0.4, -0.2) is 58.9 Å². The number of amides is 2. The number of alkyl carbamates (subject to hydrolysis) is 1. The molecule has 184 valence electrons. The molecule has 2 saturated heterocycles. The van der Waals surface area contributed by atoms with E-state index in [1.165, 1.54) is 0 Å². The lowest BCUT2D eigenvalue weighted by Gasteiger charge is -2.29. The van der Waals surface area contributed by atoms with Crippen LogP contribution in [0.4, 0.5) is 18.0 Å². The summed E-state index contributed by atoms with van der Waals surface area (Å²) in [5.41, 5.74) is 3.74. The molecule has 2 N–H and O–H groups in total. The number of rotatable bonds is 5. The molecule has 0 radical (unpaired) electrons. The molecule has 0 spiro atoms. The van der Waals surface area contributed by atoms with Gasteiger partial charge in [0.15, 0.2) is 0 Å². The van der Waals surface area contributed by atoms with Crippen molar-refractivity contribution in [1.82, 2.24) is 10.2 Å². The molecule has 2 bridgehead atoms. The van der Waals surface area contributed by atoms with Gasteiger partial charge < -0.3 is 20.1 Å². The van der Waals surface area contributed by atoms with Crippen LogP contribution < -0.4 is 5.32 Å². The second-order valence-corrected chi connectivity index (χ2v) is 9.17. The number of alkyl halides is 3. The lowest BCUT2D eigenvalue weighted by molar-refractivity contribution is -0.175. The molecule has 2 heterocycles. The first kappa shape index (κ1) is 23.2. The van der Waals surface area contributed by atoms with E-state index in [0.717, 1.165) is 27.2 Å². The van der Waals surface area contributed by atoms with Crippen molar-refractivity contribution in [3.63, 3.8) is 0 Å². The van der Waals surface area contributed by atoms with Crippen molar-refractivity contribution in [2.24, 2.45) is 5.92 Å². The van der Waals surface area contributed by atoms with Gasteiger partial charge in [0, 0.05) is 18.0 Å². The highest BCUT2D eigenvalue weighted by atomic mass is 19.4. The summed E-state index contributed by atoms with van der Waals surface area (Å²) < 4.78 is 46.6. The third kappa shape index (κ3) is 4.00. The molecule has 7 nitrogen and oxygen atoms in total. The Hall–Kier alpha value is -3.56. The van der Waals surface area contributed by atoms with E-state index in [9.17, 15) is 32.7 Å². The summed E-state index contributed by atoms with van der Waals surface area (Å²) in [5, 5.41) is 11.0. The molecular formula is C25H23F3N2O5. The molecule has 2 aliphatic heterocycles. The fourth-order valence-corrected chi connectivity index (χ4v) is 5.79. The number of carboxylic acids is 1. The van der Waals surface area contributed by atoms with E-state index in [1.54, 1.807) is 5.32 Å². The third-order valence-corrected chi connectivity index (χ3v) is 7.29. The Morgan fingerprint density at radius 1 is 1.03 bits per heavy atom. The van der Waals surface area contributed by atoms with Crippen molar-refractivity contribution in [3.05, 3.63) is 59.7 Å². The van der Waals surface area contributed by atoms with Gasteiger partial charge in [0.25, 0.3) is 5.91 Å². The summed E-state index contributed by atoms with van der Waals surface area (Å²) in [4.78, 5) is 37.8. The lowest BCUT2D eigenvalue weighted by Crippen LogP contribution is -2.57. The van der Waals surface area contributed by atoms with Crippen molar-refractivity contribution in [2.75, 3.05) is 6.61 Å². The Balaban J connectivity index is 1.29. The third-order valence-electron chi connectivity index (χ3n) is 7.29. The second-order valence-electron chi connectivity index (χ2n) is 9.17. The van der Waals surface area contributed by atoms with Crippen LogP contribution in [0.5, 0.6) is 0 Å². The number of nitrogens with zero attached hydrogens (tertiary/aromatic N) is 1. The van der Waals surface area contributed by atoms with Gasteiger partial charge in [-0.1, -0.05) is 48.5 Å². The standard InChI is InChI=1S/C25H23F3N2O5/c26-25(27,28)21(22(31)30-13-9-10-20(30)18(11-13)23(32)33)29-24(34)35-12-19-16-7-3-1-5-14(16)15-6-2-4-8-17(15)19/h1-8,13,18-21H,9-12H2,(H,29,34)(H,32,33)/t13-,18+,20+,21?/m1/s1. The van der Waals surface area contributed by atoms with E-state index < -0.39 is 48.2 Å². The van der Waals surface area contributed by atoms with Gasteiger partial charge in [-0.05, 0) is 41.5 Å². The average Bonchev–Trinajstić information content (AvgIpc) is 3.50. The zero-order valence-corrected chi connectivity index (χ0v) is 18.5. The van der Waals surface area contributed by atoms with Crippen LogP contribution in [0.1, 0.15) is 36.3 Å². The molecule has 2 aromatic carbocycles. The van der Waals surface area contributed by atoms with Crippen LogP contribution in [0.3, 0.4) is 0 Å². The quantitative estimate of drug-likeness (QED) is 0.665. The lowest BCUT2D eigenvalue weighted by atomic mass is 9.89. The first-order valence-corrected chi connectivity index (χ1v) is 11.4. The van der Waals surface area contributed by atoms with Crippen LogP contribution >= 0.6 is 0 Å². The Morgan fingerprint density at radius 2 is 1.63 bits per heavy atom. The van der Waals surface area contributed by atoms with Crippen LogP contribution in [0, 0.1) is 5.92 Å². The Bertz CT molecular complexity index is 1140. The second kappa shape index (κ2) is 8.58. The van der Waals surface area contributed by atoms with Crippen LogP contribution in [0.15, 0.2) is 48.5 Å². The number of fused-ring (bicyclic) bond motifs is 5. The predicted molar refractivity (Wildman–Crippen MR) is 117 cm³/mol. The molecule has 5 rings (SSSR count).